The van der Waals surface area contributed by atoms with Crippen molar-refractivity contribution < 1.29 is 29.3 Å². The zero-order chi connectivity index (χ0) is 19.4. The molecule has 0 fully saturated rings. The summed E-state index contributed by atoms with van der Waals surface area (Å²) in [5, 5.41) is 18.9. The number of aliphatic carboxylic acids is 2. The largest absolute Gasteiger partial charge is 0.491 e. The molecule has 0 bridgehead atoms. The fourth-order valence-corrected chi connectivity index (χ4v) is 1.84. The highest BCUT2D eigenvalue weighted by molar-refractivity contribution is 6.32. The van der Waals surface area contributed by atoms with E-state index in [1.54, 1.807) is 0 Å². The second-order valence-electron chi connectivity index (χ2n) is 5.55. The number of aryl methyl sites for hydroxylation is 2. The molecule has 3 N–H and O–H groups in total. The number of carboxylic acids is 2. The first-order valence-corrected chi connectivity index (χ1v) is 8.19. The molecule has 142 valence electrons. The van der Waals surface area contributed by atoms with Crippen LogP contribution in [-0.2, 0) is 14.3 Å². The van der Waals surface area contributed by atoms with E-state index in [4.69, 9.17) is 40.9 Å². The molecule has 1 aromatic rings. The van der Waals surface area contributed by atoms with Gasteiger partial charge in [-0.3, -0.25) is 0 Å². The Morgan fingerprint density at radius 3 is 2.04 bits per heavy atom. The molecule has 0 saturated heterocycles. The monoisotopic (exact) mass is 375 g/mol. The second-order valence-corrected chi connectivity index (χ2v) is 5.93. The summed E-state index contributed by atoms with van der Waals surface area (Å²) in [6.45, 7) is 10.9. The predicted molar refractivity (Wildman–Crippen MR) is 95.7 cm³/mol. The summed E-state index contributed by atoms with van der Waals surface area (Å²) in [5.74, 6) is -2.80. The lowest BCUT2D eigenvalue weighted by atomic mass is 10.1. The summed E-state index contributed by atoms with van der Waals surface area (Å²) in [6.07, 6.45) is 0. The van der Waals surface area contributed by atoms with E-state index >= 15 is 0 Å². The van der Waals surface area contributed by atoms with Crippen molar-refractivity contribution in [1.29, 1.82) is 0 Å². The fourth-order valence-electron chi connectivity index (χ4n) is 1.73. The van der Waals surface area contributed by atoms with Crippen molar-refractivity contribution in [2.24, 2.45) is 0 Å². The third kappa shape index (κ3) is 11.4. The molecule has 0 aliphatic heterocycles. The maximum absolute atomic E-state index is 9.10. The first-order valence-electron chi connectivity index (χ1n) is 7.82. The van der Waals surface area contributed by atoms with Crippen LogP contribution >= 0.6 is 11.6 Å². The van der Waals surface area contributed by atoms with Gasteiger partial charge in [0, 0.05) is 17.6 Å². The molecule has 0 aromatic heterocycles. The third-order valence-corrected chi connectivity index (χ3v) is 3.48. The summed E-state index contributed by atoms with van der Waals surface area (Å²) in [4.78, 5) is 18.2. The Hall–Kier alpha value is -1.83. The van der Waals surface area contributed by atoms with Gasteiger partial charge in [-0.15, -0.1) is 0 Å². The Morgan fingerprint density at radius 1 is 1.08 bits per heavy atom. The van der Waals surface area contributed by atoms with Crippen LogP contribution in [0.3, 0.4) is 0 Å². The number of benzene rings is 1. The molecule has 0 aliphatic carbocycles. The van der Waals surface area contributed by atoms with Crippen LogP contribution in [-0.4, -0.2) is 54.6 Å². The molecule has 0 spiro atoms. The standard InChI is InChI=1S/C15H24ClNO2.C2H2O4/c1-11(2)17-5-6-18-7-8-19-14-9-12(3)15(16)13(4)10-14;3-1(4)2(5)6/h9-11,17H,5-8H2,1-4H3;(H,3,4)(H,5,6). The van der Waals surface area contributed by atoms with Crippen molar-refractivity contribution >= 4 is 23.5 Å². The minimum Gasteiger partial charge on any atom is -0.491 e. The van der Waals surface area contributed by atoms with Crippen LogP contribution in [0.1, 0.15) is 25.0 Å². The molecular formula is C17H26ClNO6. The highest BCUT2D eigenvalue weighted by Gasteiger charge is 2.04. The zero-order valence-electron chi connectivity index (χ0n) is 15.0. The van der Waals surface area contributed by atoms with Crippen LogP contribution < -0.4 is 10.1 Å². The molecule has 0 radical (unpaired) electrons. The Labute approximate surface area is 152 Å². The molecule has 8 heteroatoms. The molecule has 0 atom stereocenters. The second kappa shape index (κ2) is 12.5. The van der Waals surface area contributed by atoms with Gasteiger partial charge in [-0.25, -0.2) is 9.59 Å². The Morgan fingerprint density at radius 2 is 1.60 bits per heavy atom. The highest BCUT2D eigenvalue weighted by Crippen LogP contribution is 2.25. The van der Waals surface area contributed by atoms with Crippen molar-refractivity contribution in [2.45, 2.75) is 33.7 Å². The predicted octanol–water partition coefficient (Wildman–Crippen LogP) is 2.51. The van der Waals surface area contributed by atoms with Gasteiger partial charge in [-0.1, -0.05) is 25.4 Å². The van der Waals surface area contributed by atoms with Gasteiger partial charge in [0.2, 0.25) is 0 Å². The molecule has 0 heterocycles. The van der Waals surface area contributed by atoms with Gasteiger partial charge < -0.3 is 25.0 Å². The topological polar surface area (TPSA) is 105 Å². The zero-order valence-corrected chi connectivity index (χ0v) is 15.7. The van der Waals surface area contributed by atoms with E-state index in [9.17, 15) is 0 Å². The summed E-state index contributed by atoms with van der Waals surface area (Å²) in [5.41, 5.74) is 2.08. The summed E-state index contributed by atoms with van der Waals surface area (Å²) in [7, 11) is 0. The number of nitrogens with one attached hydrogen (secondary N) is 1. The van der Waals surface area contributed by atoms with Crippen molar-refractivity contribution in [3.8, 4) is 5.75 Å². The lowest BCUT2D eigenvalue weighted by Gasteiger charge is -2.11. The molecular weight excluding hydrogens is 350 g/mol. The van der Waals surface area contributed by atoms with E-state index < -0.39 is 11.9 Å². The summed E-state index contributed by atoms with van der Waals surface area (Å²) < 4.78 is 11.1. The Kier molecular flexibility index (Phi) is 11.6. The van der Waals surface area contributed by atoms with Crippen LogP contribution in [0, 0.1) is 13.8 Å². The van der Waals surface area contributed by atoms with E-state index in [1.807, 2.05) is 26.0 Å². The quantitative estimate of drug-likeness (QED) is 0.473. The van der Waals surface area contributed by atoms with Crippen molar-refractivity contribution in [3.05, 3.63) is 28.3 Å². The van der Waals surface area contributed by atoms with Crippen LogP contribution in [0.4, 0.5) is 0 Å². The molecule has 0 unspecified atom stereocenters. The van der Waals surface area contributed by atoms with Gasteiger partial charge in [0.15, 0.2) is 0 Å². The van der Waals surface area contributed by atoms with Crippen molar-refractivity contribution in [3.63, 3.8) is 0 Å². The van der Waals surface area contributed by atoms with Gasteiger partial charge in [-0.2, -0.15) is 0 Å². The van der Waals surface area contributed by atoms with Crippen LogP contribution in [0.5, 0.6) is 5.75 Å². The summed E-state index contributed by atoms with van der Waals surface area (Å²) in [6, 6.07) is 4.41. The average molecular weight is 376 g/mol. The highest BCUT2D eigenvalue weighted by atomic mass is 35.5. The number of hydrogen-bond donors (Lipinski definition) is 3. The van der Waals surface area contributed by atoms with Gasteiger partial charge in [0.25, 0.3) is 0 Å². The Bertz CT molecular complexity index is 527. The molecule has 0 saturated carbocycles. The van der Waals surface area contributed by atoms with Crippen LogP contribution in [0.15, 0.2) is 12.1 Å². The number of carbonyl (C=O) groups is 2. The molecule has 7 nitrogen and oxygen atoms in total. The number of ether oxygens (including phenoxy) is 2. The van der Waals surface area contributed by atoms with Gasteiger partial charge in [0.1, 0.15) is 12.4 Å². The van der Waals surface area contributed by atoms with E-state index in [1.165, 1.54) is 0 Å². The maximum atomic E-state index is 9.10. The lowest BCUT2D eigenvalue weighted by Crippen LogP contribution is -2.27. The molecule has 0 aliphatic rings. The number of carboxylic acid groups (broad SMARTS) is 2. The first kappa shape index (κ1) is 23.2. The molecule has 25 heavy (non-hydrogen) atoms. The maximum Gasteiger partial charge on any atom is 0.414 e. The molecule has 1 rings (SSSR count). The number of halogens is 1. The third-order valence-electron chi connectivity index (χ3n) is 2.89. The minimum absolute atomic E-state index is 0.500. The first-order chi connectivity index (χ1) is 11.6. The van der Waals surface area contributed by atoms with E-state index in [-0.39, 0.29) is 0 Å². The Balaban J connectivity index is 0.000000823. The van der Waals surface area contributed by atoms with Gasteiger partial charge in [-0.05, 0) is 37.1 Å². The number of rotatable bonds is 8. The number of hydrogen-bond acceptors (Lipinski definition) is 5. The fraction of sp³-hybridized carbons (Fsp3) is 0.529. The summed E-state index contributed by atoms with van der Waals surface area (Å²) >= 11 is 6.11. The van der Waals surface area contributed by atoms with E-state index in [0.717, 1.165) is 28.4 Å². The van der Waals surface area contributed by atoms with Crippen molar-refractivity contribution in [2.75, 3.05) is 26.4 Å². The SMILES string of the molecule is Cc1cc(OCCOCCNC(C)C)cc(C)c1Cl.O=C(O)C(=O)O. The smallest absolute Gasteiger partial charge is 0.414 e. The lowest BCUT2D eigenvalue weighted by molar-refractivity contribution is -0.159. The van der Waals surface area contributed by atoms with E-state index in [2.05, 4.69) is 19.2 Å². The van der Waals surface area contributed by atoms with E-state index in [0.29, 0.717) is 25.9 Å². The van der Waals surface area contributed by atoms with Crippen molar-refractivity contribution in [1.82, 2.24) is 5.32 Å². The normalized spacial score (nSPS) is 10.2. The minimum atomic E-state index is -1.82. The van der Waals surface area contributed by atoms with Crippen LogP contribution in [0.2, 0.25) is 5.02 Å². The average Bonchev–Trinajstić information content (AvgIpc) is 2.51. The molecule has 1 aromatic carbocycles. The molecule has 0 amide bonds. The van der Waals surface area contributed by atoms with Crippen LogP contribution in [0.25, 0.3) is 0 Å². The van der Waals surface area contributed by atoms with Gasteiger partial charge in [0.05, 0.1) is 13.2 Å². The van der Waals surface area contributed by atoms with Gasteiger partial charge >= 0.3 is 11.9 Å².